The lowest BCUT2D eigenvalue weighted by Crippen LogP contribution is -2.41. The number of quaternary nitrogens is 1. The Hall–Kier alpha value is -0.950. The molecule has 0 fully saturated rings. The van der Waals surface area contributed by atoms with Crippen molar-refractivity contribution in [3.63, 3.8) is 0 Å². The molecule has 0 aromatic carbocycles. The summed E-state index contributed by atoms with van der Waals surface area (Å²) >= 11 is 0. The maximum absolute atomic E-state index is 11.4. The van der Waals surface area contributed by atoms with Crippen LogP contribution >= 0.6 is 0 Å². The van der Waals surface area contributed by atoms with Crippen LogP contribution in [-0.4, -0.2) is 41.0 Å². The predicted molar refractivity (Wildman–Crippen MR) is 155 cm³/mol. The van der Waals surface area contributed by atoms with Crippen molar-refractivity contribution in [3.05, 3.63) is 36.8 Å². The lowest BCUT2D eigenvalue weighted by molar-refractivity contribution is -0.777. The molecule has 0 rings (SSSR count). The Morgan fingerprint density at radius 2 is 0.944 bits per heavy atom. The van der Waals surface area contributed by atoms with Gasteiger partial charge in [0, 0.05) is 0 Å². The third-order valence-electron chi connectivity index (χ3n) is 6.50. The van der Waals surface area contributed by atoms with Gasteiger partial charge >= 0.3 is 0 Å². The van der Waals surface area contributed by atoms with Crippen molar-refractivity contribution >= 4 is 10.1 Å². The van der Waals surface area contributed by atoms with E-state index in [-0.39, 0.29) is 11.0 Å². The first-order chi connectivity index (χ1) is 17.3. The zero-order valence-corrected chi connectivity index (χ0v) is 24.6. The molecule has 5 nitrogen and oxygen atoms in total. The van der Waals surface area contributed by atoms with E-state index in [2.05, 4.69) is 57.6 Å². The zero-order valence-electron chi connectivity index (χ0n) is 23.7. The molecular formula is C30H58NO4S+. The highest BCUT2D eigenvalue weighted by Crippen LogP contribution is 2.19. The Morgan fingerprint density at radius 3 is 1.25 bits per heavy atom. The van der Waals surface area contributed by atoms with Crippen molar-refractivity contribution in [2.45, 2.75) is 142 Å². The van der Waals surface area contributed by atoms with Crippen LogP contribution in [0.3, 0.4) is 0 Å². The number of hydrogen-bond donors (Lipinski definition) is 2. The minimum atomic E-state index is -4.24. The van der Waals surface area contributed by atoms with E-state index in [4.69, 9.17) is 0 Å². The number of rotatable bonds is 25. The van der Waals surface area contributed by atoms with Crippen LogP contribution in [-0.2, 0) is 10.1 Å². The molecule has 0 saturated carbocycles. The number of unbranched alkanes of at least 4 members (excludes halogenated alkanes) is 15. The van der Waals surface area contributed by atoms with Gasteiger partial charge in [-0.05, 0) is 56.8 Å². The Labute approximate surface area is 224 Å². The van der Waals surface area contributed by atoms with Gasteiger partial charge in [0.15, 0.2) is 0 Å². The Kier molecular flexibility index (Phi) is 22.6. The Morgan fingerprint density at radius 1 is 0.611 bits per heavy atom. The second-order valence-electron chi connectivity index (χ2n) is 10.3. The van der Waals surface area contributed by atoms with Gasteiger partial charge in [0.25, 0.3) is 10.1 Å². The molecule has 1 atom stereocenters. The lowest BCUT2D eigenvalue weighted by atomic mass is 10.1. The highest BCUT2D eigenvalue weighted by Gasteiger charge is 2.27. The van der Waals surface area contributed by atoms with Crippen LogP contribution in [0.4, 0.5) is 0 Å². The van der Waals surface area contributed by atoms with Gasteiger partial charge in [-0.25, -0.2) is 4.48 Å². The largest absolute Gasteiger partial charge is 0.386 e. The van der Waals surface area contributed by atoms with Crippen molar-refractivity contribution < 1.29 is 22.6 Å². The van der Waals surface area contributed by atoms with Crippen LogP contribution in [0.2, 0.25) is 0 Å². The van der Waals surface area contributed by atoms with Crippen LogP contribution < -0.4 is 0 Å². The summed E-state index contributed by atoms with van der Waals surface area (Å²) < 4.78 is 32.4. The fourth-order valence-electron chi connectivity index (χ4n) is 4.40. The fourth-order valence-corrected chi connectivity index (χ4v) is 4.99. The molecule has 212 valence electrons. The van der Waals surface area contributed by atoms with E-state index in [1.807, 2.05) is 0 Å². The molecular weight excluding hydrogens is 470 g/mol. The molecule has 0 aliphatic carbocycles. The van der Waals surface area contributed by atoms with E-state index >= 15 is 0 Å². The second kappa shape index (κ2) is 23.2. The monoisotopic (exact) mass is 528 g/mol. The summed E-state index contributed by atoms with van der Waals surface area (Å²) in [6.45, 7) is 6.84. The summed E-state index contributed by atoms with van der Waals surface area (Å²) in [6.07, 6.45) is 32.8. The van der Waals surface area contributed by atoms with Gasteiger partial charge < -0.3 is 5.11 Å². The quantitative estimate of drug-likeness (QED) is 0.0706. The maximum Gasteiger partial charge on any atom is 0.267 e. The van der Waals surface area contributed by atoms with Crippen molar-refractivity contribution in [1.29, 1.82) is 0 Å². The first-order valence-corrected chi connectivity index (χ1v) is 16.4. The van der Waals surface area contributed by atoms with Crippen LogP contribution in [0.15, 0.2) is 36.8 Å². The molecule has 36 heavy (non-hydrogen) atoms. The molecule has 6 heteroatoms. The molecule has 1 unspecified atom stereocenters. The Balaban J connectivity index is 5.45. The molecule has 2 N–H and O–H groups in total. The molecule has 0 spiro atoms. The van der Waals surface area contributed by atoms with Crippen LogP contribution in [0.1, 0.15) is 136 Å². The van der Waals surface area contributed by atoms with Gasteiger partial charge in [-0.15, -0.1) is 0 Å². The topological polar surface area (TPSA) is 74.6 Å². The summed E-state index contributed by atoms with van der Waals surface area (Å²) in [5.41, 5.74) is 0. The van der Waals surface area contributed by atoms with Gasteiger partial charge in [0.2, 0.25) is 0 Å². The predicted octanol–water partition coefficient (Wildman–Crippen LogP) is 8.67. The molecule has 0 amide bonds. The minimum Gasteiger partial charge on any atom is -0.386 e. The van der Waals surface area contributed by atoms with E-state index in [1.54, 1.807) is 0 Å². The van der Waals surface area contributed by atoms with E-state index in [0.717, 1.165) is 38.5 Å². The van der Waals surface area contributed by atoms with Crippen LogP contribution in [0, 0.1) is 0 Å². The first kappa shape index (κ1) is 35.0. The fraction of sp³-hybridized carbons (Fsp3) is 0.800. The van der Waals surface area contributed by atoms with E-state index in [1.165, 1.54) is 77.0 Å². The number of aliphatic hydroxyl groups excluding tert-OH is 1. The van der Waals surface area contributed by atoms with Crippen molar-refractivity contribution in [1.82, 2.24) is 0 Å². The van der Waals surface area contributed by atoms with Crippen LogP contribution in [0.5, 0.6) is 0 Å². The van der Waals surface area contributed by atoms with Crippen molar-refractivity contribution in [2.75, 3.05) is 12.3 Å². The third kappa shape index (κ3) is 22.3. The average molecular weight is 529 g/mol. The maximum atomic E-state index is 11.4. The highest BCUT2D eigenvalue weighted by atomic mass is 32.2. The van der Waals surface area contributed by atoms with Crippen molar-refractivity contribution in [3.8, 4) is 0 Å². The summed E-state index contributed by atoms with van der Waals surface area (Å²) in [5.74, 6) is -0.645. The molecule has 0 saturated heterocycles. The number of nitrogens with zero attached hydrogens (tertiary/aromatic N) is 1. The second-order valence-corrected chi connectivity index (χ2v) is 11.8. The number of allylic oxidation sites excluding steroid dienone is 3. The van der Waals surface area contributed by atoms with Gasteiger partial charge in [0.1, 0.15) is 37.0 Å². The van der Waals surface area contributed by atoms with Crippen LogP contribution in [0.25, 0.3) is 0 Å². The summed E-state index contributed by atoms with van der Waals surface area (Å²) in [4.78, 5) is 0. The van der Waals surface area contributed by atoms with Gasteiger partial charge in [-0.3, -0.25) is 4.55 Å². The zero-order chi connectivity index (χ0) is 27.0. The standard InChI is InChI=1S/C30H57NO4S/c1-4-7-10-13-16-19-22-25-31(28-30(32)29-36(33,34)35,26-23-20-17-14-11-8-5-2)27-24-21-18-15-12-9-6-3/h22-27,30,32H,4-21,28-29H2,1-3H3/p+1/b25-22+,26-23+,27-24+. The molecule has 0 aromatic heterocycles. The lowest BCUT2D eigenvalue weighted by Gasteiger charge is -2.29. The highest BCUT2D eigenvalue weighted by molar-refractivity contribution is 7.85. The summed E-state index contributed by atoms with van der Waals surface area (Å²) in [5, 5.41) is 10.6. The van der Waals surface area contributed by atoms with E-state index in [9.17, 15) is 18.1 Å². The smallest absolute Gasteiger partial charge is 0.267 e. The molecule has 0 heterocycles. The average Bonchev–Trinajstić information content (AvgIpc) is 2.81. The van der Waals surface area contributed by atoms with E-state index < -0.39 is 22.0 Å². The van der Waals surface area contributed by atoms with Gasteiger partial charge in [0.05, 0.1) is 0 Å². The van der Waals surface area contributed by atoms with E-state index in [0.29, 0.717) is 0 Å². The number of aliphatic hydroxyl groups is 1. The van der Waals surface area contributed by atoms with Gasteiger partial charge in [-0.1, -0.05) is 97.8 Å². The summed E-state index contributed by atoms with van der Waals surface area (Å²) in [7, 11) is -4.24. The third-order valence-corrected chi connectivity index (χ3v) is 7.31. The minimum absolute atomic E-state index is 0.185. The molecule has 0 aliphatic heterocycles. The van der Waals surface area contributed by atoms with Crippen molar-refractivity contribution in [2.24, 2.45) is 0 Å². The summed E-state index contributed by atoms with van der Waals surface area (Å²) in [6, 6.07) is 0. The molecule has 0 aliphatic rings. The number of hydrogen-bond acceptors (Lipinski definition) is 3. The normalized spacial score (nSPS) is 14.0. The molecule has 0 bridgehead atoms. The Bertz CT molecular complexity index is 625. The molecule has 0 radical (unpaired) electrons. The SMILES string of the molecule is CCCCCCC/C=C/[N+](/C=C/CCCCCCC)(/C=C/CCCCCCC)CC(O)CS(=O)(=O)O. The first-order valence-electron chi connectivity index (χ1n) is 14.8. The molecule has 0 aromatic rings. The van der Waals surface area contributed by atoms with Gasteiger partial charge in [-0.2, -0.15) is 8.42 Å².